The zero-order valence-corrected chi connectivity index (χ0v) is 16.1. The highest BCUT2D eigenvalue weighted by Crippen LogP contribution is 2.33. The average molecular weight is 411 g/mol. The lowest BCUT2D eigenvalue weighted by molar-refractivity contribution is 0.0736. The van der Waals surface area contributed by atoms with E-state index in [1.165, 1.54) is 15.6 Å². The second-order valence-corrected chi connectivity index (χ2v) is 9.10. The number of benzene rings is 2. The van der Waals surface area contributed by atoms with Gasteiger partial charge >= 0.3 is 0 Å². The molecule has 0 aliphatic carbocycles. The maximum Gasteiger partial charge on any atom is 0.243 e. The number of rotatable bonds is 5. The van der Waals surface area contributed by atoms with Gasteiger partial charge in [-0.15, -0.1) is 11.3 Å². The first-order chi connectivity index (χ1) is 12.5. The van der Waals surface area contributed by atoms with E-state index in [-0.39, 0.29) is 24.1 Å². The van der Waals surface area contributed by atoms with Crippen molar-refractivity contribution in [3.8, 4) is 11.5 Å². The number of methoxy groups -OCH3 is 1. The Bertz CT molecular complexity index is 1060. The van der Waals surface area contributed by atoms with Gasteiger partial charge in [0.25, 0.3) is 0 Å². The number of hydrogen-bond acceptors (Lipinski definition) is 6. The molecule has 4 rings (SSSR count). The van der Waals surface area contributed by atoms with Gasteiger partial charge in [0.05, 0.1) is 40.8 Å². The van der Waals surface area contributed by atoms with E-state index in [9.17, 15) is 8.42 Å². The third-order valence-electron chi connectivity index (χ3n) is 4.17. The first-order valence-corrected chi connectivity index (χ1v) is 10.5. The van der Waals surface area contributed by atoms with Crippen LogP contribution in [-0.2, 0) is 10.0 Å². The molecule has 0 atom stereocenters. The van der Waals surface area contributed by atoms with Crippen molar-refractivity contribution >= 4 is 43.2 Å². The van der Waals surface area contributed by atoms with Crippen LogP contribution >= 0.6 is 22.9 Å². The van der Waals surface area contributed by atoms with Crippen molar-refractivity contribution in [3.05, 3.63) is 46.9 Å². The van der Waals surface area contributed by atoms with Crippen LogP contribution in [0.3, 0.4) is 0 Å². The molecular formula is C17H15ClN2O4S2. The van der Waals surface area contributed by atoms with Gasteiger partial charge in [-0.3, -0.25) is 0 Å². The molecule has 0 unspecified atom stereocenters. The summed E-state index contributed by atoms with van der Waals surface area (Å²) < 4.78 is 39.0. The fourth-order valence-corrected chi connectivity index (χ4v) is 5.09. The van der Waals surface area contributed by atoms with Gasteiger partial charge in [-0.05, 0) is 30.3 Å². The topological polar surface area (TPSA) is 68.7 Å². The molecule has 3 aromatic rings. The SMILES string of the molecule is COc1ccc(Cl)cc1OC1CN(S(=O)(=O)c2ccc3scnc3c2)C1. The van der Waals surface area contributed by atoms with Crippen molar-refractivity contribution in [1.29, 1.82) is 0 Å². The predicted molar refractivity (Wildman–Crippen MR) is 101 cm³/mol. The molecule has 0 amide bonds. The number of thiazole rings is 1. The van der Waals surface area contributed by atoms with Crippen LogP contribution in [0.25, 0.3) is 10.2 Å². The predicted octanol–water partition coefficient (Wildman–Crippen LogP) is 3.41. The number of fused-ring (bicyclic) bond motifs is 1. The number of halogens is 1. The Labute approximate surface area is 160 Å². The van der Waals surface area contributed by atoms with E-state index < -0.39 is 10.0 Å². The molecule has 1 fully saturated rings. The van der Waals surface area contributed by atoms with E-state index >= 15 is 0 Å². The molecule has 6 nitrogen and oxygen atoms in total. The molecule has 1 aromatic heterocycles. The highest BCUT2D eigenvalue weighted by atomic mass is 35.5. The molecule has 1 aliphatic heterocycles. The van der Waals surface area contributed by atoms with Crippen molar-refractivity contribution in [2.45, 2.75) is 11.0 Å². The standard InChI is InChI=1S/C17H15ClN2O4S2/c1-23-15-4-2-11(18)6-16(15)24-12-8-20(9-12)26(21,22)13-3-5-17-14(7-13)19-10-25-17/h2-7,10,12H,8-9H2,1H3. The van der Waals surface area contributed by atoms with Crippen LogP contribution in [0.5, 0.6) is 11.5 Å². The zero-order chi connectivity index (χ0) is 18.3. The Morgan fingerprint density at radius 3 is 2.77 bits per heavy atom. The average Bonchev–Trinajstić information content (AvgIpc) is 3.05. The van der Waals surface area contributed by atoms with Crippen molar-refractivity contribution in [3.63, 3.8) is 0 Å². The quantitative estimate of drug-likeness (QED) is 0.644. The summed E-state index contributed by atoms with van der Waals surface area (Å²) in [6, 6.07) is 10.1. The third-order valence-corrected chi connectivity index (χ3v) is 7.05. The lowest BCUT2D eigenvalue weighted by Gasteiger charge is -2.38. The zero-order valence-electron chi connectivity index (χ0n) is 13.8. The van der Waals surface area contributed by atoms with Crippen molar-refractivity contribution < 1.29 is 17.9 Å². The number of ether oxygens (including phenoxy) is 2. The van der Waals surface area contributed by atoms with Crippen LogP contribution in [0.2, 0.25) is 5.02 Å². The summed E-state index contributed by atoms with van der Waals surface area (Å²) in [6.45, 7) is 0.542. The fraction of sp³-hybridized carbons (Fsp3) is 0.235. The maximum absolute atomic E-state index is 12.8. The molecule has 0 N–H and O–H groups in total. The molecule has 0 spiro atoms. The molecule has 26 heavy (non-hydrogen) atoms. The van der Waals surface area contributed by atoms with Gasteiger partial charge in [-0.25, -0.2) is 13.4 Å². The molecule has 136 valence electrons. The van der Waals surface area contributed by atoms with Gasteiger partial charge in [0.2, 0.25) is 10.0 Å². The summed E-state index contributed by atoms with van der Waals surface area (Å²) in [6.07, 6.45) is -0.250. The van der Waals surface area contributed by atoms with E-state index in [4.69, 9.17) is 21.1 Å². The minimum atomic E-state index is -3.56. The van der Waals surface area contributed by atoms with Gasteiger partial charge in [-0.2, -0.15) is 4.31 Å². The van der Waals surface area contributed by atoms with Gasteiger partial charge in [0.15, 0.2) is 11.5 Å². The Morgan fingerprint density at radius 1 is 1.19 bits per heavy atom. The summed E-state index contributed by atoms with van der Waals surface area (Å²) in [5, 5.41) is 0.529. The lowest BCUT2D eigenvalue weighted by atomic mass is 10.2. The molecule has 2 heterocycles. The van der Waals surface area contributed by atoms with Crippen molar-refractivity contribution in [2.24, 2.45) is 0 Å². The molecule has 1 aliphatic rings. The van der Waals surface area contributed by atoms with Crippen molar-refractivity contribution in [1.82, 2.24) is 9.29 Å². The fourth-order valence-electron chi connectivity index (χ4n) is 2.74. The van der Waals surface area contributed by atoms with E-state index in [1.807, 2.05) is 0 Å². The van der Waals surface area contributed by atoms with Crippen LogP contribution in [0.1, 0.15) is 0 Å². The van der Waals surface area contributed by atoms with Crippen LogP contribution in [0.4, 0.5) is 0 Å². The monoisotopic (exact) mass is 410 g/mol. The van der Waals surface area contributed by atoms with E-state index in [0.717, 1.165) is 4.70 Å². The summed E-state index contributed by atoms with van der Waals surface area (Å²) in [5.74, 6) is 1.07. The number of nitrogens with zero attached hydrogens (tertiary/aromatic N) is 2. The molecule has 1 saturated heterocycles. The molecule has 0 saturated carbocycles. The van der Waals surface area contributed by atoms with Crippen LogP contribution < -0.4 is 9.47 Å². The Kier molecular flexibility index (Phi) is 4.52. The third kappa shape index (κ3) is 3.14. The number of sulfonamides is 1. The molecule has 0 radical (unpaired) electrons. The Balaban J connectivity index is 1.48. The highest BCUT2D eigenvalue weighted by molar-refractivity contribution is 7.89. The normalized spacial score (nSPS) is 15.8. The smallest absolute Gasteiger partial charge is 0.243 e. The first-order valence-electron chi connectivity index (χ1n) is 7.81. The van der Waals surface area contributed by atoms with E-state index in [1.54, 1.807) is 49.0 Å². The van der Waals surface area contributed by atoms with Gasteiger partial charge in [0, 0.05) is 11.1 Å². The van der Waals surface area contributed by atoms with Crippen molar-refractivity contribution in [2.75, 3.05) is 20.2 Å². The molecule has 0 bridgehead atoms. The second-order valence-electron chi connectivity index (χ2n) is 5.84. The summed E-state index contributed by atoms with van der Waals surface area (Å²) in [7, 11) is -2.02. The number of aromatic nitrogens is 1. The Morgan fingerprint density at radius 2 is 2.00 bits per heavy atom. The van der Waals surface area contributed by atoms with Crippen LogP contribution in [0.15, 0.2) is 46.8 Å². The minimum absolute atomic E-state index is 0.245. The van der Waals surface area contributed by atoms with Crippen LogP contribution in [-0.4, -0.2) is 44.0 Å². The first kappa shape index (κ1) is 17.5. The van der Waals surface area contributed by atoms with Gasteiger partial charge < -0.3 is 9.47 Å². The molecule has 9 heteroatoms. The maximum atomic E-state index is 12.8. The summed E-state index contributed by atoms with van der Waals surface area (Å²) in [5.41, 5.74) is 2.39. The summed E-state index contributed by atoms with van der Waals surface area (Å²) in [4.78, 5) is 4.42. The van der Waals surface area contributed by atoms with Gasteiger partial charge in [-0.1, -0.05) is 11.6 Å². The summed E-state index contributed by atoms with van der Waals surface area (Å²) >= 11 is 7.47. The molecule has 2 aromatic carbocycles. The highest BCUT2D eigenvalue weighted by Gasteiger charge is 2.38. The van der Waals surface area contributed by atoms with Crippen LogP contribution in [0, 0.1) is 0 Å². The second kappa shape index (κ2) is 6.70. The Hall–Kier alpha value is -1.87. The largest absolute Gasteiger partial charge is 0.493 e. The molecular weight excluding hydrogens is 396 g/mol. The van der Waals surface area contributed by atoms with Gasteiger partial charge in [0.1, 0.15) is 6.10 Å². The lowest BCUT2D eigenvalue weighted by Crippen LogP contribution is -2.55. The number of hydrogen-bond donors (Lipinski definition) is 0. The van der Waals surface area contributed by atoms with E-state index in [0.29, 0.717) is 22.0 Å². The van der Waals surface area contributed by atoms with E-state index in [2.05, 4.69) is 4.98 Å². The minimum Gasteiger partial charge on any atom is -0.493 e.